The van der Waals surface area contributed by atoms with Crippen LogP contribution in [0.4, 0.5) is 4.39 Å². The lowest BCUT2D eigenvalue weighted by atomic mass is 10.1. The molecule has 0 radical (unpaired) electrons. The third kappa shape index (κ3) is 4.39. The van der Waals surface area contributed by atoms with E-state index in [1.165, 1.54) is 12.1 Å². The molecule has 1 aromatic rings. The van der Waals surface area contributed by atoms with E-state index in [0.717, 1.165) is 25.6 Å². The Kier molecular flexibility index (Phi) is 6.19. The van der Waals surface area contributed by atoms with Crippen LogP contribution in [0.25, 0.3) is 0 Å². The Labute approximate surface area is 126 Å². The van der Waals surface area contributed by atoms with Crippen molar-refractivity contribution < 1.29 is 12.8 Å². The molecule has 2 N–H and O–H groups in total. The van der Waals surface area contributed by atoms with Crippen LogP contribution in [0.5, 0.6) is 0 Å². The van der Waals surface area contributed by atoms with Gasteiger partial charge in [0.15, 0.2) is 0 Å². The zero-order chi connectivity index (χ0) is 13.2. The standard InChI is InChI=1S/C11H14BrFN2O2S.ClH/c12-10-2-1-9(5-11(10)13)18(16,17)15-7-8-3-4-14-6-8;/h1-2,5,8,14-15H,3-4,6-7H2;1H. The minimum atomic E-state index is -3.63. The average molecular weight is 374 g/mol. The molecule has 1 aliphatic rings. The fourth-order valence-corrected chi connectivity index (χ4v) is 3.22. The van der Waals surface area contributed by atoms with Gasteiger partial charge in [0.25, 0.3) is 0 Å². The molecule has 1 heterocycles. The van der Waals surface area contributed by atoms with E-state index >= 15 is 0 Å². The highest BCUT2D eigenvalue weighted by atomic mass is 79.9. The summed E-state index contributed by atoms with van der Waals surface area (Å²) in [5.74, 6) is -0.277. The highest BCUT2D eigenvalue weighted by molar-refractivity contribution is 9.10. The number of benzene rings is 1. The smallest absolute Gasteiger partial charge is 0.240 e. The van der Waals surface area contributed by atoms with Crippen molar-refractivity contribution >= 4 is 38.4 Å². The maximum absolute atomic E-state index is 13.3. The Hall–Kier alpha value is -0.210. The molecule has 19 heavy (non-hydrogen) atoms. The van der Waals surface area contributed by atoms with Crippen LogP contribution in [-0.2, 0) is 10.0 Å². The van der Waals surface area contributed by atoms with Crippen molar-refractivity contribution in [2.75, 3.05) is 19.6 Å². The van der Waals surface area contributed by atoms with E-state index in [1.54, 1.807) is 0 Å². The van der Waals surface area contributed by atoms with E-state index < -0.39 is 15.8 Å². The lowest BCUT2D eigenvalue weighted by molar-refractivity contribution is 0.537. The van der Waals surface area contributed by atoms with Crippen LogP contribution >= 0.6 is 28.3 Å². The molecule has 1 aliphatic heterocycles. The molecule has 1 saturated heterocycles. The monoisotopic (exact) mass is 372 g/mol. The van der Waals surface area contributed by atoms with Gasteiger partial charge in [0, 0.05) is 6.54 Å². The van der Waals surface area contributed by atoms with Crippen molar-refractivity contribution in [3.63, 3.8) is 0 Å². The Morgan fingerprint density at radius 1 is 1.47 bits per heavy atom. The molecular weight excluding hydrogens is 359 g/mol. The molecule has 0 bridgehead atoms. The zero-order valence-corrected chi connectivity index (χ0v) is 13.2. The van der Waals surface area contributed by atoms with Gasteiger partial charge in [-0.05, 0) is 59.6 Å². The van der Waals surface area contributed by atoms with Gasteiger partial charge in [-0.25, -0.2) is 17.5 Å². The van der Waals surface area contributed by atoms with Crippen LogP contribution in [0.2, 0.25) is 0 Å². The van der Waals surface area contributed by atoms with E-state index in [4.69, 9.17) is 0 Å². The minimum absolute atomic E-state index is 0. The van der Waals surface area contributed by atoms with Crippen LogP contribution in [0.15, 0.2) is 27.6 Å². The van der Waals surface area contributed by atoms with Gasteiger partial charge in [0.05, 0.1) is 9.37 Å². The summed E-state index contributed by atoms with van der Waals surface area (Å²) in [6.07, 6.45) is 0.956. The summed E-state index contributed by atoms with van der Waals surface area (Å²) in [6.45, 7) is 2.11. The highest BCUT2D eigenvalue weighted by Crippen LogP contribution is 2.19. The zero-order valence-electron chi connectivity index (χ0n) is 10.0. The molecule has 0 aromatic heterocycles. The molecule has 1 aromatic carbocycles. The van der Waals surface area contributed by atoms with Crippen molar-refractivity contribution in [3.8, 4) is 0 Å². The van der Waals surface area contributed by atoms with E-state index in [1.807, 2.05) is 0 Å². The average Bonchev–Trinajstić information content (AvgIpc) is 2.83. The van der Waals surface area contributed by atoms with Gasteiger partial charge in [-0.15, -0.1) is 12.4 Å². The molecule has 8 heteroatoms. The molecular formula is C11H15BrClFN2O2S. The Morgan fingerprint density at radius 2 is 2.21 bits per heavy atom. The molecule has 0 aliphatic carbocycles. The molecule has 0 saturated carbocycles. The van der Waals surface area contributed by atoms with Crippen molar-refractivity contribution in [2.45, 2.75) is 11.3 Å². The Bertz CT molecular complexity index is 535. The summed E-state index contributed by atoms with van der Waals surface area (Å²) < 4.78 is 39.9. The van der Waals surface area contributed by atoms with Gasteiger partial charge in [-0.2, -0.15) is 0 Å². The predicted octanol–water partition coefficient (Wildman–Crippen LogP) is 1.90. The molecule has 0 amide bonds. The third-order valence-corrected chi connectivity index (χ3v) is 4.99. The van der Waals surface area contributed by atoms with Gasteiger partial charge >= 0.3 is 0 Å². The molecule has 4 nitrogen and oxygen atoms in total. The first-order valence-electron chi connectivity index (χ1n) is 5.64. The van der Waals surface area contributed by atoms with Crippen LogP contribution in [-0.4, -0.2) is 28.1 Å². The molecule has 108 valence electrons. The molecule has 1 unspecified atom stereocenters. The Balaban J connectivity index is 0.00000180. The van der Waals surface area contributed by atoms with Gasteiger partial charge in [-0.1, -0.05) is 0 Å². The number of rotatable bonds is 4. The number of nitrogens with one attached hydrogen (secondary N) is 2. The largest absolute Gasteiger partial charge is 0.316 e. The Morgan fingerprint density at radius 3 is 2.79 bits per heavy atom. The topological polar surface area (TPSA) is 58.2 Å². The first-order chi connectivity index (χ1) is 8.49. The fraction of sp³-hybridized carbons (Fsp3) is 0.455. The predicted molar refractivity (Wildman–Crippen MR) is 77.5 cm³/mol. The van der Waals surface area contributed by atoms with Crippen LogP contribution in [0.1, 0.15) is 6.42 Å². The van der Waals surface area contributed by atoms with Crippen molar-refractivity contribution in [2.24, 2.45) is 5.92 Å². The van der Waals surface area contributed by atoms with Gasteiger partial charge < -0.3 is 5.32 Å². The summed E-state index contributed by atoms with van der Waals surface area (Å²) in [6, 6.07) is 3.78. The summed E-state index contributed by atoms with van der Waals surface area (Å²) in [4.78, 5) is -0.0471. The normalized spacial score (nSPS) is 19.2. The molecule has 1 fully saturated rings. The van der Waals surface area contributed by atoms with E-state index in [9.17, 15) is 12.8 Å². The van der Waals surface area contributed by atoms with Crippen molar-refractivity contribution in [1.82, 2.24) is 10.0 Å². The first kappa shape index (κ1) is 16.8. The maximum atomic E-state index is 13.3. The summed E-state index contributed by atoms with van der Waals surface area (Å²) in [5, 5.41) is 3.16. The lowest BCUT2D eigenvalue weighted by Crippen LogP contribution is -2.30. The minimum Gasteiger partial charge on any atom is -0.316 e. The third-order valence-electron chi connectivity index (χ3n) is 2.93. The second-order valence-corrected chi connectivity index (χ2v) is 6.91. The molecule has 2 rings (SSSR count). The molecule has 0 spiro atoms. The lowest BCUT2D eigenvalue weighted by Gasteiger charge is -2.11. The second kappa shape index (κ2) is 6.99. The van der Waals surface area contributed by atoms with Crippen LogP contribution in [0, 0.1) is 11.7 Å². The maximum Gasteiger partial charge on any atom is 0.240 e. The fourth-order valence-electron chi connectivity index (χ4n) is 1.84. The highest BCUT2D eigenvalue weighted by Gasteiger charge is 2.20. The number of halogens is 3. The number of hydrogen-bond acceptors (Lipinski definition) is 3. The van der Waals surface area contributed by atoms with Crippen LogP contribution in [0.3, 0.4) is 0 Å². The summed E-state index contributed by atoms with van der Waals surface area (Å²) >= 11 is 2.99. The van der Waals surface area contributed by atoms with Gasteiger partial charge in [0.2, 0.25) is 10.0 Å². The van der Waals surface area contributed by atoms with Crippen molar-refractivity contribution in [3.05, 3.63) is 28.5 Å². The van der Waals surface area contributed by atoms with Gasteiger partial charge in [0.1, 0.15) is 5.82 Å². The van der Waals surface area contributed by atoms with Gasteiger partial charge in [-0.3, -0.25) is 0 Å². The van der Waals surface area contributed by atoms with E-state index in [-0.39, 0.29) is 21.8 Å². The summed E-state index contributed by atoms with van der Waals surface area (Å²) in [7, 11) is -3.63. The molecule has 1 atom stereocenters. The quantitative estimate of drug-likeness (QED) is 0.847. The number of sulfonamides is 1. The van der Waals surface area contributed by atoms with E-state index in [2.05, 4.69) is 26.0 Å². The van der Waals surface area contributed by atoms with E-state index in [0.29, 0.717) is 12.5 Å². The first-order valence-corrected chi connectivity index (χ1v) is 7.92. The SMILES string of the molecule is Cl.O=S(=O)(NCC1CCNC1)c1ccc(Br)c(F)c1. The van der Waals surface area contributed by atoms with Crippen molar-refractivity contribution in [1.29, 1.82) is 0 Å². The number of hydrogen-bond donors (Lipinski definition) is 2. The summed E-state index contributed by atoms with van der Waals surface area (Å²) in [5.41, 5.74) is 0. The second-order valence-electron chi connectivity index (χ2n) is 4.29. The van der Waals surface area contributed by atoms with Crippen LogP contribution < -0.4 is 10.0 Å².